The van der Waals surface area contributed by atoms with Gasteiger partial charge in [-0.25, -0.2) is 9.78 Å². The Morgan fingerprint density at radius 2 is 1.97 bits per heavy atom. The van der Waals surface area contributed by atoms with Crippen LogP contribution in [0.4, 0.5) is 0 Å². The topological polar surface area (TPSA) is 116 Å². The second-order valence-corrected chi connectivity index (χ2v) is 7.29. The maximum absolute atomic E-state index is 11.7. The maximum Gasteiger partial charge on any atom is 0.379 e. The summed E-state index contributed by atoms with van der Waals surface area (Å²) in [5.74, 6) is 0.111. The second kappa shape index (κ2) is 8.42. The molecule has 10 nitrogen and oxygen atoms in total. The van der Waals surface area contributed by atoms with E-state index in [2.05, 4.69) is 25.3 Å². The Balaban J connectivity index is 0.000000140. The molecule has 0 fully saturated rings. The fourth-order valence-electron chi connectivity index (χ4n) is 3.25. The molecule has 0 aliphatic rings. The summed E-state index contributed by atoms with van der Waals surface area (Å²) in [4.78, 5) is 20.2. The molecule has 6 aromatic heterocycles. The Hall–Kier alpha value is -4.73. The number of esters is 1. The van der Waals surface area contributed by atoms with Crippen molar-refractivity contribution >= 4 is 22.6 Å². The summed E-state index contributed by atoms with van der Waals surface area (Å²) in [6.07, 6.45) is 12.2. The first-order valence-corrected chi connectivity index (χ1v) is 10.0. The van der Waals surface area contributed by atoms with E-state index in [1.165, 1.54) is 6.26 Å². The minimum atomic E-state index is -0.517. The van der Waals surface area contributed by atoms with Crippen LogP contribution in [-0.2, 0) is 7.05 Å². The molecule has 0 aliphatic heterocycles. The molecule has 0 aromatic carbocycles. The molecule has 164 valence electrons. The standard InChI is InChI=1S/C13H10N2O3.C10H9N5/c1-9-7-14-12-5-4-10(8-15(9)12)18-13(16)11-3-2-6-17-11;1-15-6-8(4-13-15)7-2-9-10(11-3-7)5-12-14-9/h2-8H,1H3;2-6H,1H3,(H,12,14). The van der Waals surface area contributed by atoms with Crippen molar-refractivity contribution in [2.75, 3.05) is 0 Å². The Bertz CT molecular complexity index is 1540. The molecule has 6 aromatic rings. The van der Waals surface area contributed by atoms with Crippen LogP contribution in [0.2, 0.25) is 0 Å². The predicted octanol–water partition coefficient (Wildman–Crippen LogP) is 3.81. The summed E-state index contributed by atoms with van der Waals surface area (Å²) in [6.45, 7) is 1.93. The quantitative estimate of drug-likeness (QED) is 0.415. The monoisotopic (exact) mass is 441 g/mol. The van der Waals surface area contributed by atoms with Gasteiger partial charge in [0.05, 0.1) is 30.4 Å². The maximum atomic E-state index is 11.7. The molecule has 0 aliphatic carbocycles. The van der Waals surface area contributed by atoms with Gasteiger partial charge in [0.25, 0.3) is 0 Å². The second-order valence-electron chi connectivity index (χ2n) is 7.29. The van der Waals surface area contributed by atoms with Crippen molar-refractivity contribution in [3.05, 3.63) is 85.2 Å². The summed E-state index contributed by atoms with van der Waals surface area (Å²) in [5.41, 5.74) is 5.70. The van der Waals surface area contributed by atoms with Crippen LogP contribution in [0.3, 0.4) is 0 Å². The first kappa shape index (κ1) is 20.2. The number of aromatic amines is 1. The Kier molecular flexibility index (Phi) is 5.15. The number of fused-ring (bicyclic) bond motifs is 2. The largest absolute Gasteiger partial charge is 0.457 e. The average Bonchev–Trinajstić information content (AvgIpc) is 3.62. The van der Waals surface area contributed by atoms with Crippen LogP contribution >= 0.6 is 0 Å². The number of hydrogen-bond acceptors (Lipinski definition) is 7. The van der Waals surface area contributed by atoms with Gasteiger partial charge >= 0.3 is 5.97 Å². The molecule has 0 atom stereocenters. The molecule has 0 saturated heterocycles. The molecule has 6 heterocycles. The Morgan fingerprint density at radius 1 is 1.06 bits per heavy atom. The van der Waals surface area contributed by atoms with E-state index in [4.69, 9.17) is 9.15 Å². The number of aryl methyl sites for hydroxylation is 2. The van der Waals surface area contributed by atoms with Crippen molar-refractivity contribution in [2.45, 2.75) is 6.92 Å². The lowest BCUT2D eigenvalue weighted by Gasteiger charge is -2.03. The van der Waals surface area contributed by atoms with Crippen molar-refractivity contribution in [1.82, 2.24) is 34.3 Å². The van der Waals surface area contributed by atoms with Crippen molar-refractivity contribution in [1.29, 1.82) is 0 Å². The third kappa shape index (κ3) is 4.22. The summed E-state index contributed by atoms with van der Waals surface area (Å²) in [6, 6.07) is 8.70. The van der Waals surface area contributed by atoms with Crippen LogP contribution in [0, 0.1) is 6.92 Å². The van der Waals surface area contributed by atoms with Crippen molar-refractivity contribution in [3.63, 3.8) is 0 Å². The SMILES string of the molecule is Cc1cnc2ccc(OC(=O)c3ccco3)cn12.Cn1cc(-c2cnc3cn[nH]c3c2)cn1. The fraction of sp³-hybridized carbons (Fsp3) is 0.0870. The smallest absolute Gasteiger partial charge is 0.379 e. The van der Waals surface area contributed by atoms with Crippen molar-refractivity contribution in [2.24, 2.45) is 7.05 Å². The number of nitrogens with one attached hydrogen (secondary N) is 1. The van der Waals surface area contributed by atoms with E-state index in [0.29, 0.717) is 5.75 Å². The minimum absolute atomic E-state index is 0.178. The van der Waals surface area contributed by atoms with E-state index in [1.54, 1.807) is 47.5 Å². The van der Waals surface area contributed by atoms with E-state index in [1.807, 2.05) is 43.0 Å². The average molecular weight is 441 g/mol. The summed E-state index contributed by atoms with van der Waals surface area (Å²) < 4.78 is 13.8. The van der Waals surface area contributed by atoms with Crippen LogP contribution in [0.15, 0.2) is 78.2 Å². The van der Waals surface area contributed by atoms with Gasteiger partial charge in [0, 0.05) is 42.5 Å². The summed E-state index contributed by atoms with van der Waals surface area (Å²) in [7, 11) is 1.89. The third-order valence-electron chi connectivity index (χ3n) is 4.92. The van der Waals surface area contributed by atoms with Gasteiger partial charge in [-0.15, -0.1) is 0 Å². The number of H-pyrrole nitrogens is 1. The molecule has 33 heavy (non-hydrogen) atoms. The van der Waals surface area contributed by atoms with Gasteiger partial charge < -0.3 is 13.6 Å². The molecule has 0 radical (unpaired) electrons. The van der Waals surface area contributed by atoms with Gasteiger partial charge in [-0.05, 0) is 37.3 Å². The van der Waals surface area contributed by atoms with E-state index in [-0.39, 0.29) is 5.76 Å². The van der Waals surface area contributed by atoms with Gasteiger partial charge in [0.1, 0.15) is 16.9 Å². The lowest BCUT2D eigenvalue weighted by Crippen LogP contribution is -2.07. The van der Waals surface area contributed by atoms with Crippen LogP contribution < -0.4 is 4.74 Å². The normalized spacial score (nSPS) is 10.8. The van der Waals surface area contributed by atoms with Crippen LogP contribution in [-0.4, -0.2) is 40.3 Å². The molecule has 0 saturated carbocycles. The zero-order chi connectivity index (χ0) is 22.8. The molecule has 10 heteroatoms. The third-order valence-corrected chi connectivity index (χ3v) is 4.92. The van der Waals surface area contributed by atoms with E-state index in [9.17, 15) is 4.79 Å². The number of hydrogen-bond donors (Lipinski definition) is 1. The highest BCUT2D eigenvalue weighted by atomic mass is 16.5. The van der Waals surface area contributed by atoms with E-state index < -0.39 is 5.97 Å². The molecule has 0 unspecified atom stereocenters. The minimum Gasteiger partial charge on any atom is -0.457 e. The Morgan fingerprint density at radius 3 is 2.76 bits per heavy atom. The lowest BCUT2D eigenvalue weighted by molar-refractivity contribution is 0.0700. The van der Waals surface area contributed by atoms with Crippen molar-refractivity contribution < 1.29 is 13.9 Å². The number of rotatable bonds is 3. The molecule has 0 amide bonds. The zero-order valence-corrected chi connectivity index (χ0v) is 17.8. The highest BCUT2D eigenvalue weighted by molar-refractivity contribution is 5.88. The first-order chi connectivity index (χ1) is 16.1. The number of pyridine rings is 2. The van der Waals surface area contributed by atoms with Gasteiger partial charge in [-0.3, -0.25) is 14.8 Å². The molecule has 1 N–H and O–H groups in total. The number of carbonyl (C=O) groups is 1. The number of ether oxygens (including phenoxy) is 1. The highest BCUT2D eigenvalue weighted by Gasteiger charge is 2.12. The summed E-state index contributed by atoms with van der Waals surface area (Å²) >= 11 is 0. The fourth-order valence-corrected chi connectivity index (χ4v) is 3.25. The van der Waals surface area contributed by atoms with Gasteiger partial charge in [-0.1, -0.05) is 0 Å². The van der Waals surface area contributed by atoms with Crippen molar-refractivity contribution in [3.8, 4) is 16.9 Å². The number of aromatic nitrogens is 7. The predicted molar refractivity (Wildman–Crippen MR) is 120 cm³/mol. The number of carbonyl (C=O) groups excluding carboxylic acids is 1. The lowest BCUT2D eigenvalue weighted by atomic mass is 10.1. The molecular weight excluding hydrogens is 422 g/mol. The molecule has 0 spiro atoms. The van der Waals surface area contributed by atoms with E-state index >= 15 is 0 Å². The molecular formula is C23H19N7O3. The highest BCUT2D eigenvalue weighted by Crippen LogP contribution is 2.20. The zero-order valence-electron chi connectivity index (χ0n) is 17.8. The first-order valence-electron chi connectivity index (χ1n) is 10.0. The van der Waals surface area contributed by atoms with Gasteiger partial charge in [0.2, 0.25) is 5.76 Å². The molecule has 0 bridgehead atoms. The van der Waals surface area contributed by atoms with E-state index in [0.717, 1.165) is 33.5 Å². The molecule has 6 rings (SSSR count). The van der Waals surface area contributed by atoms with Crippen LogP contribution in [0.1, 0.15) is 16.2 Å². The Labute approximate surface area is 187 Å². The number of imidazole rings is 1. The van der Waals surface area contributed by atoms with Crippen LogP contribution in [0.25, 0.3) is 27.8 Å². The van der Waals surface area contributed by atoms with Gasteiger partial charge in [0.15, 0.2) is 0 Å². The van der Waals surface area contributed by atoms with Crippen LogP contribution in [0.5, 0.6) is 5.75 Å². The summed E-state index contributed by atoms with van der Waals surface area (Å²) in [5, 5.41) is 11.0. The number of furan rings is 1. The van der Waals surface area contributed by atoms with Gasteiger partial charge in [-0.2, -0.15) is 10.2 Å². The number of nitrogens with zero attached hydrogens (tertiary/aromatic N) is 6.